The zero-order valence-electron chi connectivity index (χ0n) is 10.8. The zero-order chi connectivity index (χ0) is 13.8. The molecule has 0 spiro atoms. The van der Waals surface area contributed by atoms with E-state index in [2.05, 4.69) is 45.1 Å². The number of nitrogens with one attached hydrogen (secondary N) is 1. The summed E-state index contributed by atoms with van der Waals surface area (Å²) < 4.78 is 0.796. The van der Waals surface area contributed by atoms with Crippen molar-refractivity contribution in [3.05, 3.63) is 51.3 Å². The molecule has 0 saturated carbocycles. The van der Waals surface area contributed by atoms with Crippen LogP contribution in [0.15, 0.2) is 34.9 Å². The van der Waals surface area contributed by atoms with Crippen LogP contribution in [0.5, 0.6) is 0 Å². The standard InChI is InChI=1S/C14H15BrClN3/c1-9(2)14-18-12(15)7-13(19-14)17-8-10-3-5-11(16)6-4-10/h3-7,9H,8H2,1-2H3,(H,17,18,19). The van der Waals surface area contributed by atoms with E-state index >= 15 is 0 Å². The van der Waals surface area contributed by atoms with Crippen molar-refractivity contribution < 1.29 is 0 Å². The quantitative estimate of drug-likeness (QED) is 0.825. The van der Waals surface area contributed by atoms with Crippen LogP contribution in [0.4, 0.5) is 5.82 Å². The largest absolute Gasteiger partial charge is 0.366 e. The highest BCUT2D eigenvalue weighted by atomic mass is 79.9. The molecule has 1 N–H and O–H groups in total. The maximum absolute atomic E-state index is 5.86. The van der Waals surface area contributed by atoms with Gasteiger partial charge in [0, 0.05) is 23.6 Å². The summed E-state index contributed by atoms with van der Waals surface area (Å²) in [6, 6.07) is 9.63. The molecule has 1 aromatic heterocycles. The van der Waals surface area contributed by atoms with Gasteiger partial charge in [-0.15, -0.1) is 0 Å². The Balaban J connectivity index is 2.08. The molecule has 0 radical (unpaired) electrons. The number of benzene rings is 1. The Bertz CT molecular complexity index is 555. The van der Waals surface area contributed by atoms with Crippen LogP contribution in [-0.2, 0) is 6.54 Å². The molecule has 0 atom stereocenters. The second kappa shape index (κ2) is 6.35. The van der Waals surface area contributed by atoms with Crippen molar-refractivity contribution in [2.24, 2.45) is 0 Å². The van der Waals surface area contributed by atoms with Gasteiger partial charge in [0.05, 0.1) is 0 Å². The number of halogens is 2. The van der Waals surface area contributed by atoms with E-state index in [1.165, 1.54) is 0 Å². The van der Waals surface area contributed by atoms with Gasteiger partial charge in [0.2, 0.25) is 0 Å². The van der Waals surface area contributed by atoms with Gasteiger partial charge in [-0.05, 0) is 33.6 Å². The third kappa shape index (κ3) is 4.18. The molecule has 1 heterocycles. The van der Waals surface area contributed by atoms with Gasteiger partial charge in [-0.3, -0.25) is 0 Å². The number of aromatic nitrogens is 2. The van der Waals surface area contributed by atoms with Gasteiger partial charge in [0.25, 0.3) is 0 Å². The van der Waals surface area contributed by atoms with Gasteiger partial charge in [0.15, 0.2) is 0 Å². The average Bonchev–Trinajstić information content (AvgIpc) is 2.37. The molecule has 3 nitrogen and oxygen atoms in total. The van der Waals surface area contributed by atoms with E-state index < -0.39 is 0 Å². The van der Waals surface area contributed by atoms with Gasteiger partial charge in [-0.25, -0.2) is 9.97 Å². The molecule has 0 aliphatic rings. The summed E-state index contributed by atoms with van der Waals surface area (Å²) in [5, 5.41) is 4.04. The van der Waals surface area contributed by atoms with Crippen molar-refractivity contribution in [3.63, 3.8) is 0 Å². The summed E-state index contributed by atoms with van der Waals surface area (Å²) in [6.07, 6.45) is 0. The normalized spacial score (nSPS) is 10.8. The molecule has 0 fully saturated rings. The molecule has 1 aromatic carbocycles. The first-order valence-electron chi connectivity index (χ1n) is 6.07. The molecule has 19 heavy (non-hydrogen) atoms. The fourth-order valence-corrected chi connectivity index (χ4v) is 2.10. The molecular formula is C14H15BrClN3. The predicted octanol–water partition coefficient (Wildman–Crippen LogP) is 4.63. The minimum atomic E-state index is 0.300. The molecule has 0 amide bonds. The third-order valence-electron chi connectivity index (χ3n) is 2.62. The van der Waals surface area contributed by atoms with E-state index in [9.17, 15) is 0 Å². The SMILES string of the molecule is CC(C)c1nc(Br)cc(NCc2ccc(Cl)cc2)n1. The first-order chi connectivity index (χ1) is 9.04. The van der Waals surface area contributed by atoms with Crippen molar-refractivity contribution in [1.82, 2.24) is 9.97 Å². The lowest BCUT2D eigenvalue weighted by Crippen LogP contribution is -2.05. The first kappa shape index (κ1) is 14.3. The molecule has 100 valence electrons. The van der Waals surface area contributed by atoms with E-state index in [1.807, 2.05) is 30.3 Å². The lowest BCUT2D eigenvalue weighted by atomic mass is 10.2. The minimum absolute atomic E-state index is 0.300. The van der Waals surface area contributed by atoms with E-state index in [4.69, 9.17) is 11.6 Å². The maximum Gasteiger partial charge on any atom is 0.134 e. The number of rotatable bonds is 4. The topological polar surface area (TPSA) is 37.8 Å². The Kier molecular flexibility index (Phi) is 4.77. The van der Waals surface area contributed by atoms with Crippen LogP contribution < -0.4 is 5.32 Å². The highest BCUT2D eigenvalue weighted by Gasteiger charge is 2.06. The fourth-order valence-electron chi connectivity index (χ4n) is 1.58. The lowest BCUT2D eigenvalue weighted by molar-refractivity contribution is 0.769. The second-order valence-electron chi connectivity index (χ2n) is 4.57. The number of hydrogen-bond acceptors (Lipinski definition) is 3. The Hall–Kier alpha value is -1.13. The Morgan fingerprint density at radius 2 is 1.89 bits per heavy atom. The van der Waals surface area contributed by atoms with E-state index in [0.29, 0.717) is 12.5 Å². The Labute approximate surface area is 126 Å². The van der Waals surface area contributed by atoms with Crippen LogP contribution in [0, 0.1) is 0 Å². The Morgan fingerprint density at radius 1 is 1.21 bits per heavy atom. The lowest BCUT2D eigenvalue weighted by Gasteiger charge is -2.10. The highest BCUT2D eigenvalue weighted by Crippen LogP contribution is 2.18. The smallest absolute Gasteiger partial charge is 0.134 e. The van der Waals surface area contributed by atoms with Crippen molar-refractivity contribution in [2.45, 2.75) is 26.3 Å². The molecule has 5 heteroatoms. The molecule has 0 unspecified atom stereocenters. The molecule has 2 rings (SSSR count). The van der Waals surface area contributed by atoms with Crippen molar-refractivity contribution in [1.29, 1.82) is 0 Å². The van der Waals surface area contributed by atoms with Crippen LogP contribution in [0.1, 0.15) is 31.2 Å². The highest BCUT2D eigenvalue weighted by molar-refractivity contribution is 9.10. The summed E-state index contributed by atoms with van der Waals surface area (Å²) in [4.78, 5) is 8.84. The summed E-state index contributed by atoms with van der Waals surface area (Å²) >= 11 is 9.27. The van der Waals surface area contributed by atoms with E-state index in [0.717, 1.165) is 26.8 Å². The summed E-state index contributed by atoms with van der Waals surface area (Å²) in [6.45, 7) is 4.85. The molecule has 2 aromatic rings. The molecule has 0 aliphatic heterocycles. The van der Waals surface area contributed by atoms with Crippen LogP contribution >= 0.6 is 27.5 Å². The van der Waals surface area contributed by atoms with Gasteiger partial charge >= 0.3 is 0 Å². The second-order valence-corrected chi connectivity index (χ2v) is 5.82. The van der Waals surface area contributed by atoms with Crippen LogP contribution in [0.3, 0.4) is 0 Å². The van der Waals surface area contributed by atoms with Crippen LogP contribution in [0.2, 0.25) is 5.02 Å². The number of hydrogen-bond donors (Lipinski definition) is 1. The zero-order valence-corrected chi connectivity index (χ0v) is 13.2. The van der Waals surface area contributed by atoms with Crippen LogP contribution in [0.25, 0.3) is 0 Å². The summed E-state index contributed by atoms with van der Waals surface area (Å²) in [7, 11) is 0. The Morgan fingerprint density at radius 3 is 2.53 bits per heavy atom. The van der Waals surface area contributed by atoms with Crippen LogP contribution in [-0.4, -0.2) is 9.97 Å². The summed E-state index contributed by atoms with van der Waals surface area (Å²) in [5.41, 5.74) is 1.16. The minimum Gasteiger partial charge on any atom is -0.366 e. The van der Waals surface area contributed by atoms with Gasteiger partial charge in [0.1, 0.15) is 16.2 Å². The molecule has 0 bridgehead atoms. The summed E-state index contributed by atoms with van der Waals surface area (Å²) in [5.74, 6) is 1.95. The van der Waals surface area contributed by atoms with Gasteiger partial charge < -0.3 is 5.32 Å². The molecule has 0 aliphatic carbocycles. The number of anilines is 1. The maximum atomic E-state index is 5.86. The van der Waals surface area contributed by atoms with Gasteiger partial charge in [-0.1, -0.05) is 37.6 Å². The molecule has 0 saturated heterocycles. The monoisotopic (exact) mass is 339 g/mol. The van der Waals surface area contributed by atoms with Gasteiger partial charge in [-0.2, -0.15) is 0 Å². The molecular weight excluding hydrogens is 326 g/mol. The van der Waals surface area contributed by atoms with E-state index in [-0.39, 0.29) is 0 Å². The first-order valence-corrected chi connectivity index (χ1v) is 7.24. The van der Waals surface area contributed by atoms with Crippen molar-refractivity contribution >= 4 is 33.3 Å². The van der Waals surface area contributed by atoms with Crippen molar-refractivity contribution in [3.8, 4) is 0 Å². The predicted molar refractivity (Wildman–Crippen MR) is 82.6 cm³/mol. The fraction of sp³-hybridized carbons (Fsp3) is 0.286. The third-order valence-corrected chi connectivity index (χ3v) is 3.27. The van der Waals surface area contributed by atoms with E-state index in [1.54, 1.807) is 0 Å². The number of nitrogens with zero attached hydrogens (tertiary/aromatic N) is 2. The average molecular weight is 341 g/mol. The van der Waals surface area contributed by atoms with Crippen molar-refractivity contribution in [2.75, 3.05) is 5.32 Å².